The predicted molar refractivity (Wildman–Crippen MR) is 281 cm³/mol. The first-order valence-corrected chi connectivity index (χ1v) is 23.8. The van der Waals surface area contributed by atoms with Crippen LogP contribution in [0.5, 0.6) is 11.5 Å². The maximum absolute atomic E-state index is 9.79. The number of anilines is 4. The van der Waals surface area contributed by atoms with Crippen LogP contribution >= 0.6 is 0 Å². The van der Waals surface area contributed by atoms with Gasteiger partial charge in [0.25, 0.3) is 0 Å². The zero-order chi connectivity index (χ0) is 47.3. The van der Waals surface area contributed by atoms with Crippen LogP contribution in [-0.4, -0.2) is 16.2 Å². The van der Waals surface area contributed by atoms with E-state index in [0.29, 0.717) is 12.2 Å². The summed E-state index contributed by atoms with van der Waals surface area (Å²) in [4.78, 5) is 9.84. The van der Waals surface area contributed by atoms with Gasteiger partial charge in [-0.05, 0) is 146 Å². The first kappa shape index (κ1) is 43.0. The van der Waals surface area contributed by atoms with Crippen LogP contribution in [0.2, 0.25) is 0 Å². The fraction of sp³-hybridized carbons (Fsp3) is 0.226. The van der Waals surface area contributed by atoms with Gasteiger partial charge in [-0.1, -0.05) is 123 Å². The number of aromatic nitrogens is 2. The fourth-order valence-electron chi connectivity index (χ4n) is 10.3. The molecule has 2 aromatic heterocycles. The number of hydrogen-bond donors (Lipinski definition) is 0. The highest BCUT2D eigenvalue weighted by Gasteiger charge is 2.32. The molecule has 336 valence electrons. The largest absolute Gasteiger partial charge is 0.457 e. The van der Waals surface area contributed by atoms with E-state index < -0.39 is 0 Å². The van der Waals surface area contributed by atoms with Crippen LogP contribution in [0.3, 0.4) is 0 Å². The van der Waals surface area contributed by atoms with Crippen LogP contribution in [-0.2, 0) is 16.2 Å². The van der Waals surface area contributed by atoms with Gasteiger partial charge in [-0.3, -0.25) is 4.57 Å². The van der Waals surface area contributed by atoms with Gasteiger partial charge in [0.15, 0.2) is 0 Å². The Balaban J connectivity index is 0.986. The number of ether oxygens (including phenoxy) is 1. The number of para-hydroxylation sites is 2. The van der Waals surface area contributed by atoms with Crippen LogP contribution in [0.1, 0.15) is 107 Å². The minimum absolute atomic E-state index is 0.00795. The maximum atomic E-state index is 9.79. The molecule has 1 unspecified atom stereocenters. The Kier molecular flexibility index (Phi) is 9.95. The van der Waals surface area contributed by atoms with E-state index in [-0.39, 0.29) is 22.2 Å². The van der Waals surface area contributed by atoms with Gasteiger partial charge in [0.05, 0.1) is 34.0 Å². The Morgan fingerprint density at radius 1 is 0.529 bits per heavy atom. The molecule has 0 saturated carbocycles. The average molecular weight is 888 g/mol. The summed E-state index contributed by atoms with van der Waals surface area (Å²) in [7, 11) is 0. The molecule has 0 spiro atoms. The molecule has 0 saturated heterocycles. The molecule has 6 heteroatoms. The standard InChI is InChI=1S/C62H57N5O/c1-60(2,3)41-27-28-64-58(34-41)67-54-26-22-40(59-50-18-11-10-17-48(50)52-29-39(37-63)21-24-51(52)59)30-53(54)49-25-23-47(36-57(49)67)68-46-16-14-15-44(35-46)65-38-66(56-20-13-12-19-55(56)65)45-32-42(61(4,5)6)31-43(33-45)62(7,8)9/h10-36,59H,38H2,1-9H3. The van der Waals surface area contributed by atoms with E-state index in [1.165, 1.54) is 50.3 Å². The summed E-state index contributed by atoms with van der Waals surface area (Å²) in [5, 5.41) is 12.1. The summed E-state index contributed by atoms with van der Waals surface area (Å²) in [6.07, 6.45) is 1.93. The third-order valence-electron chi connectivity index (χ3n) is 14.1. The van der Waals surface area contributed by atoms with Gasteiger partial charge < -0.3 is 14.5 Å². The number of hydrogen-bond acceptors (Lipinski definition) is 5. The molecule has 1 aliphatic carbocycles. The van der Waals surface area contributed by atoms with Crippen molar-refractivity contribution in [3.8, 4) is 34.5 Å². The number of nitriles is 1. The lowest BCUT2D eigenvalue weighted by molar-refractivity contribution is 0.483. The molecule has 7 aromatic carbocycles. The van der Waals surface area contributed by atoms with Gasteiger partial charge in [-0.25, -0.2) is 4.98 Å². The van der Waals surface area contributed by atoms with Crippen LogP contribution < -0.4 is 14.5 Å². The minimum atomic E-state index is -0.0592. The third-order valence-corrected chi connectivity index (χ3v) is 14.1. The molecule has 0 N–H and O–H groups in total. The number of rotatable bonds is 6. The zero-order valence-corrected chi connectivity index (χ0v) is 40.5. The Hall–Kier alpha value is -7.62. The molecule has 0 bridgehead atoms. The lowest BCUT2D eigenvalue weighted by Gasteiger charge is -2.29. The second kappa shape index (κ2) is 15.7. The Labute approximate surface area is 400 Å². The Bertz CT molecular complexity index is 3480. The van der Waals surface area contributed by atoms with Gasteiger partial charge in [0, 0.05) is 46.4 Å². The van der Waals surface area contributed by atoms with E-state index in [4.69, 9.17) is 9.72 Å². The van der Waals surface area contributed by atoms with E-state index in [1.54, 1.807) is 0 Å². The van der Waals surface area contributed by atoms with Crippen LogP contribution in [0, 0.1) is 11.3 Å². The van der Waals surface area contributed by atoms with E-state index in [1.807, 2.05) is 24.4 Å². The van der Waals surface area contributed by atoms with Gasteiger partial charge in [0.2, 0.25) is 0 Å². The molecule has 11 rings (SSSR count). The summed E-state index contributed by atoms with van der Waals surface area (Å²) in [6.45, 7) is 21.2. The number of pyridine rings is 1. The third kappa shape index (κ3) is 7.38. The molecule has 3 heterocycles. The van der Waals surface area contributed by atoms with E-state index in [9.17, 15) is 5.26 Å². The van der Waals surface area contributed by atoms with Crippen molar-refractivity contribution >= 4 is 44.6 Å². The number of nitrogens with zero attached hydrogens (tertiary/aromatic N) is 5. The van der Waals surface area contributed by atoms with Crippen molar-refractivity contribution in [1.82, 2.24) is 9.55 Å². The highest BCUT2D eigenvalue weighted by Crippen LogP contribution is 2.50. The van der Waals surface area contributed by atoms with Crippen molar-refractivity contribution in [2.24, 2.45) is 0 Å². The molecular weight excluding hydrogens is 831 g/mol. The normalized spacial score (nSPS) is 14.6. The Morgan fingerprint density at radius 3 is 1.93 bits per heavy atom. The summed E-state index contributed by atoms with van der Waals surface area (Å²) in [5.74, 6) is 2.41. The Morgan fingerprint density at radius 2 is 1.21 bits per heavy atom. The van der Waals surface area contributed by atoms with Gasteiger partial charge in [-0.2, -0.15) is 5.26 Å². The molecule has 0 amide bonds. The lowest BCUT2D eigenvalue weighted by Crippen LogP contribution is -2.25. The van der Waals surface area contributed by atoms with Crippen molar-refractivity contribution in [2.75, 3.05) is 16.5 Å². The number of fused-ring (bicyclic) bond motifs is 7. The SMILES string of the molecule is CC(C)(C)c1cc(N2CN(c3cccc(Oc4ccc5c6cc(C7c8ccccc8-c8cc(C#N)ccc87)ccc6n(-c6cc(C(C)(C)C)ccn6)c5c4)c3)c3ccccc32)cc(C(C)(C)C)c1. The topological polar surface area (TPSA) is 57.3 Å². The molecule has 1 aliphatic heterocycles. The van der Waals surface area contributed by atoms with E-state index in [0.717, 1.165) is 56.1 Å². The smallest absolute Gasteiger partial charge is 0.137 e. The van der Waals surface area contributed by atoms with Crippen LogP contribution in [0.15, 0.2) is 164 Å². The molecule has 9 aromatic rings. The second-order valence-corrected chi connectivity index (χ2v) is 21.7. The van der Waals surface area contributed by atoms with Crippen molar-refractivity contribution in [2.45, 2.75) is 84.5 Å². The highest BCUT2D eigenvalue weighted by molar-refractivity contribution is 6.10. The molecule has 0 radical (unpaired) electrons. The fourth-order valence-corrected chi connectivity index (χ4v) is 10.3. The van der Waals surface area contributed by atoms with E-state index in [2.05, 4.69) is 222 Å². The molecule has 1 atom stereocenters. The maximum Gasteiger partial charge on any atom is 0.137 e. The average Bonchev–Trinajstić information content (AvgIpc) is 3.98. The van der Waals surface area contributed by atoms with Gasteiger partial charge in [-0.15, -0.1) is 0 Å². The zero-order valence-electron chi connectivity index (χ0n) is 40.5. The summed E-state index contributed by atoms with van der Waals surface area (Å²) in [6, 6.07) is 59.1. The first-order valence-electron chi connectivity index (χ1n) is 23.8. The molecular formula is C62H57N5O. The molecule has 0 fully saturated rings. The lowest BCUT2D eigenvalue weighted by atomic mass is 9.80. The molecule has 6 nitrogen and oxygen atoms in total. The van der Waals surface area contributed by atoms with Gasteiger partial charge >= 0.3 is 0 Å². The van der Waals surface area contributed by atoms with Crippen LogP contribution in [0.4, 0.5) is 22.7 Å². The predicted octanol–water partition coefficient (Wildman–Crippen LogP) is 16.1. The van der Waals surface area contributed by atoms with Gasteiger partial charge in [0.1, 0.15) is 24.0 Å². The quantitative estimate of drug-likeness (QED) is 0.166. The monoisotopic (exact) mass is 887 g/mol. The summed E-state index contributed by atoms with van der Waals surface area (Å²) in [5.41, 5.74) is 17.2. The van der Waals surface area contributed by atoms with Crippen molar-refractivity contribution in [3.05, 3.63) is 203 Å². The van der Waals surface area contributed by atoms with E-state index >= 15 is 0 Å². The highest BCUT2D eigenvalue weighted by atomic mass is 16.5. The summed E-state index contributed by atoms with van der Waals surface area (Å²) < 4.78 is 9.15. The van der Waals surface area contributed by atoms with Crippen LogP contribution in [0.25, 0.3) is 38.8 Å². The molecule has 68 heavy (non-hydrogen) atoms. The minimum Gasteiger partial charge on any atom is -0.457 e. The molecule has 2 aliphatic rings. The summed E-state index contributed by atoms with van der Waals surface area (Å²) >= 11 is 0. The van der Waals surface area contributed by atoms with Crippen molar-refractivity contribution in [1.29, 1.82) is 5.26 Å². The first-order chi connectivity index (χ1) is 32.5. The van der Waals surface area contributed by atoms with Crippen molar-refractivity contribution < 1.29 is 4.74 Å². The van der Waals surface area contributed by atoms with Crippen molar-refractivity contribution in [3.63, 3.8) is 0 Å². The number of benzene rings is 7. The second-order valence-electron chi connectivity index (χ2n) is 21.7.